The smallest absolute Gasteiger partial charge is 0.164 e. The van der Waals surface area contributed by atoms with Gasteiger partial charge in [0.15, 0.2) is 5.78 Å². The number of nitrogens with two attached hydrogens (primary N) is 1. The van der Waals surface area contributed by atoms with Crippen LogP contribution >= 0.6 is 96.8 Å². The van der Waals surface area contributed by atoms with Gasteiger partial charge < -0.3 is 20.7 Å². The number of nitriles is 1. The first kappa shape index (κ1) is 57.1. The lowest BCUT2D eigenvalue weighted by Crippen LogP contribution is -2.14. The highest BCUT2D eigenvalue weighted by atomic mass is 79.9. The molecular formula is C47H45Br3N4O4P2S8. The normalized spacial score (nSPS) is 18.0. The van der Waals surface area contributed by atoms with Gasteiger partial charge in [-0.15, -0.1) is 22.7 Å². The number of aliphatic hydroxyl groups is 2. The van der Waals surface area contributed by atoms with Crippen LogP contribution in [0, 0.1) is 18.3 Å². The Morgan fingerprint density at radius 2 is 1.25 bits per heavy atom. The van der Waals surface area contributed by atoms with E-state index in [4.69, 9.17) is 28.0 Å². The molecule has 4 N–H and O–H groups in total. The zero-order valence-electron chi connectivity index (χ0n) is 36.3. The van der Waals surface area contributed by atoms with E-state index in [1.54, 1.807) is 53.2 Å². The highest BCUT2D eigenvalue weighted by Gasteiger charge is 2.46. The predicted octanol–water partition coefficient (Wildman–Crippen LogP) is 14.1. The molecule has 2 fully saturated rings. The van der Waals surface area contributed by atoms with E-state index in [1.165, 1.54) is 21.5 Å². The first-order valence-corrected chi connectivity index (χ1v) is 34.0. The standard InChI is InChI=1S/C14H15NOS.C13H12BrNOS.C7H6BrNS.C7H4BrN.C6H8O2.P2S5/c1-9-5-7-10(8-6-9)14-15-11-3-2-4-12(16)13(11)17-14;14-9-6-4-8(5-7-9)13-15-10-2-1-3-11(16)12(10)17-13;8-6-3-1-5(2-4-6)7(9)10;8-7-3-1-6(5-9)2-4-7;7-4-2-1-3-5-6(4)8-5;3-1-2-5-7-6-4/h5-8,12,16H,2-4H2,1H3;4-7,11,16H,1-3H2;1-4H,(H2,9,10);1-4H;5-6H,1-3H2;. The first-order chi connectivity index (χ1) is 32.8. The van der Waals surface area contributed by atoms with Crippen molar-refractivity contribution in [3.05, 3.63) is 148 Å². The van der Waals surface area contributed by atoms with E-state index >= 15 is 0 Å². The molecule has 3 heterocycles. The van der Waals surface area contributed by atoms with Crippen LogP contribution in [0.2, 0.25) is 0 Å². The number of thiocarbonyl (C=S) groups is 1. The number of hydrogen-bond donors (Lipinski definition) is 3. The molecule has 0 bridgehead atoms. The number of hydrogen-bond acceptors (Lipinski definition) is 12. The molecule has 6 aromatic rings. The number of nitrogens with zero attached hydrogens (tertiary/aromatic N) is 3. The van der Waals surface area contributed by atoms with E-state index < -0.39 is 0 Å². The van der Waals surface area contributed by atoms with Gasteiger partial charge in [0.05, 0.1) is 51.1 Å². The summed E-state index contributed by atoms with van der Waals surface area (Å²) in [6.07, 6.45) is 8.50. The maximum atomic E-state index is 10.7. The maximum Gasteiger partial charge on any atom is 0.164 e. The summed E-state index contributed by atoms with van der Waals surface area (Å²) < 4.78 is 8.15. The summed E-state index contributed by atoms with van der Waals surface area (Å²) in [6.45, 7) is 2.08. The van der Waals surface area contributed by atoms with Crippen molar-refractivity contribution in [2.75, 3.05) is 0 Å². The number of ketones is 1. The lowest BCUT2D eigenvalue weighted by molar-refractivity contribution is -0.120. The molecule has 68 heavy (non-hydrogen) atoms. The van der Waals surface area contributed by atoms with Gasteiger partial charge in [-0.25, -0.2) is 9.97 Å². The number of ether oxygens (including phenoxy) is 1. The summed E-state index contributed by atoms with van der Waals surface area (Å²) in [5, 5.41) is 30.3. The van der Waals surface area contributed by atoms with Crippen LogP contribution in [-0.4, -0.2) is 43.2 Å². The SMILES string of the molecule is Cc1ccc(-c2nc3c(s2)C(O)CCC3)cc1.N#Cc1ccc(Br)cc1.NC(=S)c1ccc(Br)cc1.O=C1CCCC2OC12.OC1CCCc2nc(-c3ccc(Br)cc3)sc21.S=PP=S=S=S=S. The topological polar surface area (TPSA) is 146 Å². The van der Waals surface area contributed by atoms with Gasteiger partial charge in [-0.05, 0) is 157 Å². The molecule has 1 saturated carbocycles. The van der Waals surface area contributed by atoms with E-state index in [1.807, 2.05) is 54.6 Å². The minimum atomic E-state index is -0.305. The number of aromatic nitrogens is 2. The summed E-state index contributed by atoms with van der Waals surface area (Å²) in [4.78, 5) is 22.6. The number of carbonyl (C=O) groups excluding carboxylic acids is 1. The Morgan fingerprint density at radius 3 is 1.68 bits per heavy atom. The lowest BCUT2D eigenvalue weighted by atomic mass is 10.00. The molecule has 356 valence electrons. The number of aliphatic hydroxyl groups excluding tert-OH is 2. The molecule has 1 aliphatic heterocycles. The molecule has 8 nitrogen and oxygen atoms in total. The average molecular weight is 1290 g/mol. The Kier molecular flexibility index (Phi) is 25.4. The molecule has 3 aliphatic carbocycles. The summed E-state index contributed by atoms with van der Waals surface area (Å²) >= 11 is 27.3. The van der Waals surface area contributed by atoms with Crippen LogP contribution in [-0.2, 0) is 72.6 Å². The second-order valence-electron chi connectivity index (χ2n) is 15.2. The minimum absolute atomic E-state index is 0.0312. The molecular weight excluding hydrogens is 1240 g/mol. The number of carbonyl (C=O) groups is 1. The van der Waals surface area contributed by atoms with E-state index in [0.29, 0.717) is 22.4 Å². The van der Waals surface area contributed by atoms with Gasteiger partial charge in [0.1, 0.15) is 21.1 Å². The molecule has 4 unspecified atom stereocenters. The third-order valence-corrected chi connectivity index (χ3v) is 24.6. The number of benzene rings is 4. The van der Waals surface area contributed by atoms with Gasteiger partial charge in [-0.3, -0.25) is 4.79 Å². The molecule has 1 saturated heterocycles. The number of halogens is 3. The number of thiazole rings is 2. The van der Waals surface area contributed by atoms with Gasteiger partial charge in [-0.2, -0.15) is 5.26 Å². The van der Waals surface area contributed by atoms with Crippen molar-refractivity contribution in [1.29, 1.82) is 5.26 Å². The predicted molar refractivity (Wildman–Crippen MR) is 310 cm³/mol. The van der Waals surface area contributed by atoms with Crippen molar-refractivity contribution in [1.82, 2.24) is 9.97 Å². The van der Waals surface area contributed by atoms with Crippen molar-refractivity contribution in [3.8, 4) is 27.2 Å². The van der Waals surface area contributed by atoms with Crippen LogP contribution in [0.4, 0.5) is 0 Å². The van der Waals surface area contributed by atoms with Crippen molar-refractivity contribution >= 4 is 158 Å². The van der Waals surface area contributed by atoms with Crippen LogP contribution in [0.15, 0.2) is 110 Å². The molecule has 0 spiro atoms. The van der Waals surface area contributed by atoms with E-state index in [9.17, 15) is 15.0 Å². The van der Waals surface area contributed by atoms with E-state index in [0.717, 1.165) is 126 Å². The van der Waals surface area contributed by atoms with Crippen molar-refractivity contribution in [3.63, 3.8) is 0 Å². The van der Waals surface area contributed by atoms with Crippen LogP contribution in [0.3, 0.4) is 0 Å². The highest BCUT2D eigenvalue weighted by Crippen LogP contribution is 2.39. The maximum absolute atomic E-state index is 10.7. The van der Waals surface area contributed by atoms with Crippen molar-refractivity contribution < 1.29 is 19.7 Å². The molecule has 10 rings (SSSR count). The average Bonchev–Trinajstić information content (AvgIpc) is 3.81. The number of fused-ring (bicyclic) bond motifs is 3. The van der Waals surface area contributed by atoms with Gasteiger partial charge in [-0.1, -0.05) is 114 Å². The highest BCUT2D eigenvalue weighted by molar-refractivity contribution is 9.11. The Morgan fingerprint density at radius 1 is 0.779 bits per heavy atom. The fraction of sp³-hybridized carbons (Fsp3) is 0.298. The van der Waals surface area contributed by atoms with Gasteiger partial charge in [0.2, 0.25) is 0 Å². The fourth-order valence-electron chi connectivity index (χ4n) is 6.77. The molecule has 4 aromatic carbocycles. The summed E-state index contributed by atoms with van der Waals surface area (Å²) in [6, 6.07) is 33.4. The number of epoxide rings is 1. The lowest BCUT2D eigenvalue weighted by Gasteiger charge is -2.14. The Hall–Kier alpha value is -1.79. The van der Waals surface area contributed by atoms with Gasteiger partial charge in [0.25, 0.3) is 0 Å². The second-order valence-corrected chi connectivity index (χ2v) is 30.1. The van der Waals surface area contributed by atoms with Crippen LogP contribution in [0.1, 0.15) is 95.0 Å². The molecule has 4 aliphatic rings. The van der Waals surface area contributed by atoms with Crippen LogP contribution in [0.5, 0.6) is 0 Å². The summed E-state index contributed by atoms with van der Waals surface area (Å²) in [5.74, 6) is 0.321. The van der Waals surface area contributed by atoms with E-state index in [2.05, 4.69) is 124 Å². The number of aryl methyl sites for hydroxylation is 3. The van der Waals surface area contributed by atoms with Crippen LogP contribution < -0.4 is 5.73 Å². The minimum Gasteiger partial charge on any atom is -0.389 e. The zero-order chi connectivity index (χ0) is 49.0. The fourth-order valence-corrected chi connectivity index (χ4v) is 19.6. The van der Waals surface area contributed by atoms with Crippen molar-refractivity contribution in [2.45, 2.75) is 89.1 Å². The first-order valence-electron chi connectivity index (χ1n) is 21.0. The second kappa shape index (κ2) is 30.3. The Labute approximate surface area is 458 Å². The summed E-state index contributed by atoms with van der Waals surface area (Å²) in [7, 11) is 6.83. The monoisotopic (exact) mass is 1280 g/mol. The Bertz CT molecular complexity index is 2710. The number of Topliss-reactive ketones (excluding diaryl/α,β-unsaturated/α-hetero) is 1. The van der Waals surface area contributed by atoms with E-state index in [-0.39, 0.29) is 18.3 Å². The van der Waals surface area contributed by atoms with Crippen molar-refractivity contribution in [2.24, 2.45) is 5.73 Å². The van der Waals surface area contributed by atoms with Crippen LogP contribution in [0.25, 0.3) is 21.1 Å². The molecule has 21 heteroatoms. The molecule has 0 radical (unpaired) electrons. The Balaban J connectivity index is 0.000000158. The molecule has 2 aromatic heterocycles. The quantitative estimate of drug-likeness (QED) is 0.0881. The third-order valence-electron chi connectivity index (χ3n) is 10.3. The molecule has 4 atom stereocenters. The largest absolute Gasteiger partial charge is 0.389 e. The van der Waals surface area contributed by atoms with Gasteiger partial charge >= 0.3 is 0 Å². The van der Waals surface area contributed by atoms with Gasteiger partial charge in [0, 0.05) is 50.6 Å². The third kappa shape index (κ3) is 19.0. The molecule has 0 amide bonds. The number of rotatable bonds is 4. The summed E-state index contributed by atoms with van der Waals surface area (Å²) in [5.41, 5.74) is 12.7. The zero-order valence-corrected chi connectivity index (χ0v) is 49.4.